The number of anilines is 1. The van der Waals surface area contributed by atoms with Crippen molar-refractivity contribution in [1.82, 2.24) is 24.3 Å². The maximum Gasteiger partial charge on any atom is 0.229 e. The molecule has 29 heavy (non-hydrogen) atoms. The largest absolute Gasteiger partial charge is 0.305 e. The highest BCUT2D eigenvalue weighted by Crippen LogP contribution is 2.32. The van der Waals surface area contributed by atoms with Crippen LogP contribution in [0.15, 0.2) is 54.9 Å². The highest BCUT2D eigenvalue weighted by molar-refractivity contribution is 5.81. The summed E-state index contributed by atoms with van der Waals surface area (Å²) in [6.45, 7) is 2.89. The number of nitrogens with one attached hydrogen (secondary N) is 1. The third kappa shape index (κ3) is 3.86. The van der Waals surface area contributed by atoms with Gasteiger partial charge in [-0.1, -0.05) is 29.8 Å². The van der Waals surface area contributed by atoms with Crippen molar-refractivity contribution in [2.24, 2.45) is 0 Å². The number of aromatic nitrogens is 4. The summed E-state index contributed by atoms with van der Waals surface area (Å²) in [7, 11) is 4.09. The number of nitrogens with zero attached hydrogens (tertiary/aromatic N) is 5. The zero-order chi connectivity index (χ0) is 20.4. The summed E-state index contributed by atoms with van der Waals surface area (Å²) >= 11 is 0. The van der Waals surface area contributed by atoms with Gasteiger partial charge in [-0.25, -0.2) is 15.0 Å². The molecule has 0 bridgehead atoms. The number of hydrogen-bond acceptors (Lipinski definition) is 5. The van der Waals surface area contributed by atoms with E-state index in [0.29, 0.717) is 12.1 Å². The zero-order valence-electron chi connectivity index (χ0n) is 16.6. The maximum absolute atomic E-state index is 10.8. The third-order valence-corrected chi connectivity index (χ3v) is 4.60. The lowest BCUT2D eigenvalue weighted by molar-refractivity contribution is -0.105. The van der Waals surface area contributed by atoms with Crippen molar-refractivity contribution in [1.29, 1.82) is 0 Å². The molecule has 0 unspecified atom stereocenters. The van der Waals surface area contributed by atoms with Crippen LogP contribution in [0.4, 0.5) is 5.95 Å². The third-order valence-electron chi connectivity index (χ3n) is 4.60. The normalized spacial score (nSPS) is 11.2. The Labute approximate surface area is 169 Å². The zero-order valence-corrected chi connectivity index (χ0v) is 16.6. The van der Waals surface area contributed by atoms with Crippen molar-refractivity contribution in [2.45, 2.75) is 13.5 Å². The Bertz CT molecular complexity index is 1160. The Morgan fingerprint density at radius 1 is 1.10 bits per heavy atom. The first-order chi connectivity index (χ1) is 14.0. The van der Waals surface area contributed by atoms with Crippen LogP contribution < -0.4 is 5.32 Å². The van der Waals surface area contributed by atoms with Gasteiger partial charge >= 0.3 is 0 Å². The predicted octanol–water partition coefficient (Wildman–Crippen LogP) is 3.40. The molecule has 0 radical (unpaired) electrons. The lowest BCUT2D eigenvalue weighted by Crippen LogP contribution is -2.10. The standard InChI is InChI=1S/C22H22N6O/c1-15-4-6-17(7-5-15)20-21(18-8-10-23-22(25-18)24-14-29)28-11-9-16(13-27(2)3)12-19(28)26-20/h4-12,14H,13H2,1-3H3,(H,23,24,25,29). The Hall–Kier alpha value is -3.58. The van der Waals surface area contributed by atoms with E-state index in [1.165, 1.54) is 11.1 Å². The van der Waals surface area contributed by atoms with Crippen molar-refractivity contribution in [3.8, 4) is 22.6 Å². The van der Waals surface area contributed by atoms with E-state index in [1.807, 2.05) is 30.8 Å². The van der Waals surface area contributed by atoms with Crippen LogP contribution in [0.25, 0.3) is 28.3 Å². The summed E-state index contributed by atoms with van der Waals surface area (Å²) in [6, 6.07) is 14.3. The van der Waals surface area contributed by atoms with E-state index < -0.39 is 0 Å². The van der Waals surface area contributed by atoms with Crippen molar-refractivity contribution in [3.05, 3.63) is 66.0 Å². The van der Waals surface area contributed by atoms with Gasteiger partial charge in [-0.2, -0.15) is 0 Å². The van der Waals surface area contributed by atoms with Crippen LogP contribution in [0.2, 0.25) is 0 Å². The molecule has 0 atom stereocenters. The molecule has 4 aromatic rings. The molecule has 146 valence electrons. The van der Waals surface area contributed by atoms with E-state index in [4.69, 9.17) is 4.98 Å². The number of benzene rings is 1. The average Bonchev–Trinajstić information content (AvgIpc) is 3.07. The number of carbonyl (C=O) groups is 1. The van der Waals surface area contributed by atoms with E-state index in [1.54, 1.807) is 6.20 Å². The van der Waals surface area contributed by atoms with Gasteiger partial charge < -0.3 is 4.90 Å². The molecule has 0 aliphatic rings. The minimum Gasteiger partial charge on any atom is -0.305 e. The SMILES string of the molecule is Cc1ccc(-c2nc3cc(CN(C)C)ccn3c2-c2ccnc(NC=O)n2)cc1. The second kappa shape index (κ2) is 7.81. The lowest BCUT2D eigenvalue weighted by atomic mass is 10.1. The van der Waals surface area contributed by atoms with Crippen molar-refractivity contribution < 1.29 is 4.79 Å². The van der Waals surface area contributed by atoms with Gasteiger partial charge in [-0.15, -0.1) is 0 Å². The van der Waals surface area contributed by atoms with Crippen molar-refractivity contribution >= 4 is 18.0 Å². The first-order valence-electron chi connectivity index (χ1n) is 9.31. The summed E-state index contributed by atoms with van der Waals surface area (Å²) in [5.74, 6) is 0.256. The van der Waals surface area contributed by atoms with Crippen LogP contribution >= 0.6 is 0 Å². The molecular weight excluding hydrogens is 364 g/mol. The van der Waals surface area contributed by atoms with E-state index in [0.717, 1.165) is 29.1 Å². The summed E-state index contributed by atoms with van der Waals surface area (Å²) in [6.07, 6.45) is 4.22. The molecule has 4 rings (SSSR count). The van der Waals surface area contributed by atoms with Crippen molar-refractivity contribution in [3.63, 3.8) is 0 Å². The van der Waals surface area contributed by atoms with Crippen LogP contribution in [0.3, 0.4) is 0 Å². The molecule has 0 aliphatic heterocycles. The maximum atomic E-state index is 10.8. The summed E-state index contributed by atoms with van der Waals surface area (Å²) in [4.78, 5) is 26.5. The fourth-order valence-corrected chi connectivity index (χ4v) is 3.32. The smallest absolute Gasteiger partial charge is 0.229 e. The number of fused-ring (bicyclic) bond motifs is 1. The summed E-state index contributed by atoms with van der Waals surface area (Å²) < 4.78 is 2.03. The van der Waals surface area contributed by atoms with Crippen LogP contribution in [0, 0.1) is 6.92 Å². The van der Waals surface area contributed by atoms with Crippen LogP contribution in [0.1, 0.15) is 11.1 Å². The molecule has 0 fully saturated rings. The van der Waals surface area contributed by atoms with Gasteiger partial charge in [0.25, 0.3) is 0 Å². The molecule has 0 spiro atoms. The molecule has 1 aromatic carbocycles. The van der Waals surface area contributed by atoms with Crippen LogP contribution in [-0.4, -0.2) is 44.8 Å². The van der Waals surface area contributed by atoms with Crippen LogP contribution in [-0.2, 0) is 11.3 Å². The molecule has 0 saturated heterocycles. The Morgan fingerprint density at radius 3 is 2.62 bits per heavy atom. The molecule has 1 amide bonds. The molecule has 3 aromatic heterocycles. The van der Waals surface area contributed by atoms with Gasteiger partial charge in [0.1, 0.15) is 5.65 Å². The number of carbonyl (C=O) groups excluding carboxylic acids is 1. The summed E-state index contributed by atoms with van der Waals surface area (Å²) in [5.41, 5.74) is 6.60. The number of imidazole rings is 1. The van der Waals surface area contributed by atoms with Gasteiger partial charge in [-0.05, 0) is 44.8 Å². The molecule has 7 heteroatoms. The van der Waals surface area contributed by atoms with E-state index in [9.17, 15) is 4.79 Å². The molecule has 3 heterocycles. The molecule has 0 saturated carbocycles. The minimum absolute atomic E-state index is 0.256. The number of hydrogen-bond donors (Lipinski definition) is 1. The van der Waals surface area contributed by atoms with Crippen molar-refractivity contribution in [2.75, 3.05) is 19.4 Å². The Balaban J connectivity index is 1.94. The average molecular weight is 386 g/mol. The highest BCUT2D eigenvalue weighted by Gasteiger charge is 2.18. The number of aryl methyl sites for hydroxylation is 1. The van der Waals surface area contributed by atoms with Gasteiger partial charge in [0.05, 0.1) is 17.1 Å². The highest BCUT2D eigenvalue weighted by atomic mass is 16.1. The quantitative estimate of drug-likeness (QED) is 0.514. The van der Waals surface area contributed by atoms with Crippen LogP contribution in [0.5, 0.6) is 0 Å². The molecule has 7 nitrogen and oxygen atoms in total. The van der Waals surface area contributed by atoms with E-state index in [2.05, 4.69) is 63.5 Å². The van der Waals surface area contributed by atoms with Gasteiger partial charge in [0, 0.05) is 24.5 Å². The monoisotopic (exact) mass is 386 g/mol. The number of pyridine rings is 1. The summed E-state index contributed by atoms with van der Waals surface area (Å²) in [5, 5.41) is 2.52. The van der Waals surface area contributed by atoms with Gasteiger partial charge in [0.15, 0.2) is 0 Å². The fourth-order valence-electron chi connectivity index (χ4n) is 3.32. The Morgan fingerprint density at radius 2 is 1.90 bits per heavy atom. The van der Waals surface area contributed by atoms with E-state index >= 15 is 0 Å². The molecular formula is C22H22N6O. The first kappa shape index (κ1) is 18.8. The van der Waals surface area contributed by atoms with Gasteiger partial charge in [0.2, 0.25) is 12.4 Å². The molecule has 0 aliphatic carbocycles. The number of amides is 1. The molecule has 1 N–H and O–H groups in total. The lowest BCUT2D eigenvalue weighted by Gasteiger charge is -2.10. The second-order valence-electron chi connectivity index (χ2n) is 7.20. The first-order valence-corrected chi connectivity index (χ1v) is 9.31. The fraction of sp³-hybridized carbons (Fsp3) is 0.182. The minimum atomic E-state index is 0.256. The van der Waals surface area contributed by atoms with Gasteiger partial charge in [-0.3, -0.25) is 14.5 Å². The predicted molar refractivity (Wildman–Crippen MR) is 113 cm³/mol. The Kier molecular flexibility index (Phi) is 5.05. The second-order valence-corrected chi connectivity index (χ2v) is 7.20. The number of rotatable bonds is 6. The van der Waals surface area contributed by atoms with E-state index in [-0.39, 0.29) is 5.95 Å². The topological polar surface area (TPSA) is 75.4 Å².